The first-order valence-corrected chi connectivity index (χ1v) is 10.8. The molecule has 1 aliphatic rings. The standard InChI is InChI=1S/C21H24F3N6OS/c22-21(23,24)18(5-8-30-32-31)14-1-2-16(29-12-14)10-13-3-6-27-11-15(9-13)17-4-7-28-20(26)19(17)25/h1-2,4,7,9,11-13,18H,3,5-6,8,10,25H2,(H2,26,28)(H,30,31)/q+1. The number of rotatable bonds is 8. The zero-order chi connectivity index (χ0) is 23.1. The fourth-order valence-electron chi connectivity index (χ4n) is 3.64. The fourth-order valence-corrected chi connectivity index (χ4v) is 3.84. The van der Waals surface area contributed by atoms with Gasteiger partial charge in [-0.15, -0.1) is 0 Å². The molecular formula is C21H24F3N6OS+. The summed E-state index contributed by atoms with van der Waals surface area (Å²) in [5.74, 6) is -1.35. The first-order valence-electron chi connectivity index (χ1n) is 10.0. The van der Waals surface area contributed by atoms with E-state index < -0.39 is 12.1 Å². The van der Waals surface area contributed by atoms with Crippen molar-refractivity contribution in [3.63, 3.8) is 0 Å². The molecule has 5 N–H and O–H groups in total. The Labute approximate surface area is 187 Å². The van der Waals surface area contributed by atoms with Crippen LogP contribution in [0.15, 0.2) is 41.7 Å². The van der Waals surface area contributed by atoms with Crippen molar-refractivity contribution in [1.29, 1.82) is 0 Å². The van der Waals surface area contributed by atoms with Gasteiger partial charge in [0.25, 0.3) is 0 Å². The van der Waals surface area contributed by atoms with Crippen LogP contribution in [0.25, 0.3) is 5.57 Å². The molecule has 7 nitrogen and oxygen atoms in total. The van der Waals surface area contributed by atoms with Gasteiger partial charge in [0.05, 0.1) is 22.4 Å². The van der Waals surface area contributed by atoms with Crippen LogP contribution in [0.5, 0.6) is 0 Å². The quantitative estimate of drug-likeness (QED) is 0.314. The fraction of sp³-hybridized carbons (Fsp3) is 0.381. The third-order valence-corrected chi connectivity index (χ3v) is 5.64. The summed E-state index contributed by atoms with van der Waals surface area (Å²) in [4.78, 5) is 12.7. The second kappa shape index (κ2) is 10.6. The van der Waals surface area contributed by atoms with Crippen molar-refractivity contribution >= 4 is 35.1 Å². The van der Waals surface area contributed by atoms with E-state index in [0.29, 0.717) is 24.3 Å². The van der Waals surface area contributed by atoms with Gasteiger partial charge in [-0.25, -0.2) is 4.98 Å². The van der Waals surface area contributed by atoms with E-state index in [9.17, 15) is 17.4 Å². The molecule has 0 aliphatic carbocycles. The number of nitrogen functional groups attached to an aromatic ring is 2. The van der Waals surface area contributed by atoms with Crippen molar-refractivity contribution in [3.8, 4) is 0 Å². The number of nitrogens with two attached hydrogens (primary N) is 2. The summed E-state index contributed by atoms with van der Waals surface area (Å²) in [6, 6.07) is 4.86. The lowest BCUT2D eigenvalue weighted by molar-refractivity contribution is -0.151. The number of nitrogens with one attached hydrogen (secondary N) is 1. The Morgan fingerprint density at radius 1 is 1.22 bits per heavy atom. The Balaban J connectivity index is 1.76. The normalized spacial score (nSPS) is 17.5. The third-order valence-electron chi connectivity index (χ3n) is 5.32. The summed E-state index contributed by atoms with van der Waals surface area (Å²) in [6.45, 7) is 0.572. The van der Waals surface area contributed by atoms with Gasteiger partial charge in [0.15, 0.2) is 0 Å². The molecule has 0 spiro atoms. The van der Waals surface area contributed by atoms with Crippen LogP contribution in [0, 0.1) is 5.92 Å². The second-order valence-corrected chi connectivity index (χ2v) is 7.97. The minimum Gasteiger partial charge on any atom is -0.395 e. The van der Waals surface area contributed by atoms with Crippen molar-refractivity contribution < 1.29 is 17.4 Å². The van der Waals surface area contributed by atoms with E-state index in [1.54, 1.807) is 24.5 Å². The summed E-state index contributed by atoms with van der Waals surface area (Å²) in [6.07, 6.45) is 3.33. The maximum Gasteiger partial charge on any atom is 0.587 e. The van der Waals surface area contributed by atoms with Gasteiger partial charge < -0.3 is 11.5 Å². The highest BCUT2D eigenvalue weighted by Crippen LogP contribution is 2.37. The summed E-state index contributed by atoms with van der Waals surface area (Å²) in [5.41, 5.74) is 14.6. The molecule has 0 fully saturated rings. The molecule has 3 rings (SSSR count). The first kappa shape index (κ1) is 23.7. The van der Waals surface area contributed by atoms with Crippen molar-refractivity contribution in [2.24, 2.45) is 10.9 Å². The van der Waals surface area contributed by atoms with E-state index in [0.717, 1.165) is 17.6 Å². The predicted molar refractivity (Wildman–Crippen MR) is 120 cm³/mol. The molecule has 0 amide bonds. The number of pyridine rings is 2. The lowest BCUT2D eigenvalue weighted by atomic mass is 9.93. The van der Waals surface area contributed by atoms with E-state index >= 15 is 0 Å². The van der Waals surface area contributed by atoms with Crippen molar-refractivity contribution in [2.45, 2.75) is 31.4 Å². The number of aliphatic imine (C=N–C) groups is 1. The number of aromatic nitrogens is 2. The molecule has 2 unspecified atom stereocenters. The van der Waals surface area contributed by atoms with Gasteiger partial charge in [-0.1, -0.05) is 12.1 Å². The first-order chi connectivity index (χ1) is 15.3. The Bertz CT molecular complexity index is 994. The molecule has 1 aliphatic heterocycles. The van der Waals surface area contributed by atoms with Crippen LogP contribution in [0.3, 0.4) is 0 Å². The van der Waals surface area contributed by atoms with Crippen LogP contribution in [0.2, 0.25) is 0 Å². The molecule has 0 aromatic carbocycles. The molecule has 11 heteroatoms. The highest BCUT2D eigenvalue weighted by molar-refractivity contribution is 7.63. The van der Waals surface area contributed by atoms with E-state index in [1.165, 1.54) is 12.3 Å². The van der Waals surface area contributed by atoms with E-state index in [-0.39, 0.29) is 42.1 Å². The van der Waals surface area contributed by atoms with Crippen LogP contribution in [0.4, 0.5) is 24.7 Å². The minimum absolute atomic E-state index is 0.0433. The summed E-state index contributed by atoms with van der Waals surface area (Å²) in [5, 5.41) is 0. The Hall–Kier alpha value is -2.92. The van der Waals surface area contributed by atoms with Gasteiger partial charge >= 0.3 is 18.0 Å². The summed E-state index contributed by atoms with van der Waals surface area (Å²) >= 11 is 0.0562. The second-order valence-electron chi connectivity index (χ2n) is 7.51. The monoisotopic (exact) mass is 465 g/mol. The number of hydrogen-bond donors (Lipinski definition) is 3. The SMILES string of the molecule is Nc1nccc(C2=CC(Cc3ccc(C(CCN[S+]=O)C(F)(F)F)cn3)CCN=C2)c1N. The minimum atomic E-state index is -4.42. The number of allylic oxidation sites excluding steroid dienone is 2. The van der Waals surface area contributed by atoms with Gasteiger partial charge in [0, 0.05) is 36.4 Å². The molecule has 32 heavy (non-hydrogen) atoms. The molecule has 0 radical (unpaired) electrons. The Kier molecular flexibility index (Phi) is 7.86. The molecule has 0 bridgehead atoms. The third kappa shape index (κ3) is 6.07. The van der Waals surface area contributed by atoms with Crippen LogP contribution in [0.1, 0.15) is 35.6 Å². The average molecular weight is 466 g/mol. The average Bonchev–Trinajstić information content (AvgIpc) is 2.99. The molecule has 2 atom stereocenters. The van der Waals surface area contributed by atoms with Crippen molar-refractivity contribution in [3.05, 3.63) is 53.5 Å². The molecule has 0 saturated carbocycles. The molecule has 170 valence electrons. The lowest BCUT2D eigenvalue weighted by Crippen LogP contribution is -2.25. The maximum atomic E-state index is 13.4. The van der Waals surface area contributed by atoms with Gasteiger partial charge in [0.2, 0.25) is 0 Å². The highest BCUT2D eigenvalue weighted by atomic mass is 32.2. The Morgan fingerprint density at radius 3 is 2.72 bits per heavy atom. The van der Waals surface area contributed by atoms with Gasteiger partial charge in [0.1, 0.15) is 5.82 Å². The number of anilines is 2. The Morgan fingerprint density at radius 2 is 2.03 bits per heavy atom. The largest absolute Gasteiger partial charge is 0.587 e. The topological polar surface area (TPSA) is 119 Å². The van der Waals surface area contributed by atoms with Crippen LogP contribution in [-0.4, -0.2) is 35.4 Å². The summed E-state index contributed by atoms with van der Waals surface area (Å²) < 4.78 is 53.0. The van der Waals surface area contributed by atoms with E-state index in [4.69, 9.17) is 11.5 Å². The summed E-state index contributed by atoms with van der Waals surface area (Å²) in [7, 11) is 0. The molecule has 3 heterocycles. The number of hydrogen-bond acceptors (Lipinski definition) is 6. The predicted octanol–water partition coefficient (Wildman–Crippen LogP) is 3.33. The van der Waals surface area contributed by atoms with Gasteiger partial charge in [-0.05, 0) is 53.2 Å². The van der Waals surface area contributed by atoms with Crippen molar-refractivity contribution in [1.82, 2.24) is 14.7 Å². The number of nitrogens with zero attached hydrogens (tertiary/aromatic N) is 3. The van der Waals surface area contributed by atoms with E-state index in [1.807, 2.05) is 6.08 Å². The smallest absolute Gasteiger partial charge is 0.395 e. The van der Waals surface area contributed by atoms with Crippen molar-refractivity contribution in [2.75, 3.05) is 24.6 Å². The highest BCUT2D eigenvalue weighted by Gasteiger charge is 2.40. The lowest BCUT2D eigenvalue weighted by Gasteiger charge is -2.20. The van der Waals surface area contributed by atoms with E-state index in [2.05, 4.69) is 19.7 Å². The van der Waals surface area contributed by atoms with Gasteiger partial charge in [-0.3, -0.25) is 9.98 Å². The molecular weight excluding hydrogens is 441 g/mol. The van der Waals surface area contributed by atoms with Crippen LogP contribution >= 0.6 is 0 Å². The van der Waals surface area contributed by atoms with Gasteiger partial charge in [-0.2, -0.15) is 13.2 Å². The molecule has 2 aromatic heterocycles. The van der Waals surface area contributed by atoms with Crippen LogP contribution < -0.4 is 16.2 Å². The van der Waals surface area contributed by atoms with Crippen LogP contribution in [-0.2, 0) is 22.5 Å². The molecule has 0 saturated heterocycles. The number of halogens is 3. The molecule has 2 aromatic rings. The number of alkyl halides is 3. The maximum absolute atomic E-state index is 13.4. The zero-order valence-corrected chi connectivity index (χ0v) is 18.0. The zero-order valence-electron chi connectivity index (χ0n) is 17.2.